The van der Waals surface area contributed by atoms with Crippen molar-refractivity contribution in [3.05, 3.63) is 34.4 Å². The van der Waals surface area contributed by atoms with Gasteiger partial charge in [-0.2, -0.15) is 0 Å². The lowest BCUT2D eigenvalue weighted by Crippen LogP contribution is -2.53. The van der Waals surface area contributed by atoms with Gasteiger partial charge in [0.05, 0.1) is 16.6 Å². The van der Waals surface area contributed by atoms with Crippen molar-refractivity contribution in [2.75, 3.05) is 18.5 Å². The molecule has 6 nitrogen and oxygen atoms in total. The average molecular weight is 323 g/mol. The Bertz CT molecular complexity index is 484. The number of benzene rings is 1. The van der Waals surface area contributed by atoms with Crippen LogP contribution >= 0.6 is 0 Å². The molecule has 1 rings (SSSR count). The van der Waals surface area contributed by atoms with E-state index in [2.05, 4.69) is 33.0 Å². The van der Waals surface area contributed by atoms with Crippen LogP contribution in [0.5, 0.6) is 0 Å². The molecule has 3 N–H and O–H groups in total. The maximum atomic E-state index is 10.7. The van der Waals surface area contributed by atoms with Crippen LogP contribution in [0.3, 0.4) is 0 Å². The Morgan fingerprint density at radius 1 is 1.26 bits per heavy atom. The van der Waals surface area contributed by atoms with Gasteiger partial charge >= 0.3 is 0 Å². The summed E-state index contributed by atoms with van der Waals surface area (Å²) in [4.78, 5) is 10.3. The number of ether oxygens (including phenoxy) is 1. The third-order valence-electron chi connectivity index (χ3n) is 4.18. The number of hydrogen-bond donors (Lipinski definition) is 2. The van der Waals surface area contributed by atoms with Crippen LogP contribution in [0.15, 0.2) is 24.3 Å². The van der Waals surface area contributed by atoms with E-state index in [-0.39, 0.29) is 17.3 Å². The van der Waals surface area contributed by atoms with Gasteiger partial charge in [0.2, 0.25) is 0 Å². The van der Waals surface area contributed by atoms with Gasteiger partial charge < -0.3 is 15.8 Å². The molecular weight excluding hydrogens is 294 g/mol. The SMILES string of the molecule is CCC(CC)(OCC(C)C)C(N)CNc1ccc([N+](=O)[O-])cc1. The Morgan fingerprint density at radius 3 is 2.26 bits per heavy atom. The quantitative estimate of drug-likeness (QED) is 0.507. The highest BCUT2D eigenvalue weighted by molar-refractivity contribution is 5.48. The summed E-state index contributed by atoms with van der Waals surface area (Å²) in [6, 6.07) is 6.19. The molecule has 0 saturated carbocycles. The van der Waals surface area contributed by atoms with Crippen molar-refractivity contribution in [3.63, 3.8) is 0 Å². The van der Waals surface area contributed by atoms with E-state index in [4.69, 9.17) is 10.5 Å². The second-order valence-corrected chi connectivity index (χ2v) is 6.27. The zero-order valence-electron chi connectivity index (χ0n) is 14.5. The van der Waals surface area contributed by atoms with Crippen LogP contribution < -0.4 is 11.1 Å². The molecular formula is C17H29N3O3. The van der Waals surface area contributed by atoms with Gasteiger partial charge in [-0.1, -0.05) is 27.7 Å². The summed E-state index contributed by atoms with van der Waals surface area (Å²) in [7, 11) is 0. The number of rotatable bonds is 10. The molecule has 0 bridgehead atoms. The molecule has 0 amide bonds. The third-order valence-corrected chi connectivity index (χ3v) is 4.18. The lowest BCUT2D eigenvalue weighted by molar-refractivity contribution is -0.384. The van der Waals surface area contributed by atoms with Crippen LogP contribution in [0.2, 0.25) is 0 Å². The molecule has 0 saturated heterocycles. The number of nitro groups is 1. The largest absolute Gasteiger partial charge is 0.383 e. The lowest BCUT2D eigenvalue weighted by atomic mass is 9.88. The standard InChI is InChI=1S/C17H29N3O3/c1-5-17(6-2,23-12-13(3)4)16(18)11-19-14-7-9-15(10-8-14)20(21)22/h7-10,13,16,19H,5-6,11-12,18H2,1-4H3. The van der Waals surface area contributed by atoms with Crippen molar-refractivity contribution in [3.8, 4) is 0 Å². The monoisotopic (exact) mass is 323 g/mol. The summed E-state index contributed by atoms with van der Waals surface area (Å²) < 4.78 is 6.14. The number of nitrogens with one attached hydrogen (secondary N) is 1. The first-order valence-electron chi connectivity index (χ1n) is 8.22. The maximum Gasteiger partial charge on any atom is 0.269 e. The molecule has 0 spiro atoms. The number of anilines is 1. The minimum atomic E-state index is -0.408. The summed E-state index contributed by atoms with van der Waals surface area (Å²) in [6.07, 6.45) is 1.69. The Kier molecular flexibility index (Phi) is 7.45. The predicted octanol–water partition coefficient (Wildman–Crippen LogP) is 3.57. The number of nitro benzene ring substituents is 1. The van der Waals surface area contributed by atoms with Gasteiger partial charge in [-0.3, -0.25) is 10.1 Å². The van der Waals surface area contributed by atoms with Crippen LogP contribution in [0.4, 0.5) is 11.4 Å². The molecule has 23 heavy (non-hydrogen) atoms. The molecule has 0 radical (unpaired) electrons. The summed E-state index contributed by atoms with van der Waals surface area (Å²) in [5.74, 6) is 0.460. The Hall–Kier alpha value is -1.66. The summed E-state index contributed by atoms with van der Waals surface area (Å²) in [6.45, 7) is 9.67. The molecule has 0 aliphatic heterocycles. The van der Waals surface area contributed by atoms with Crippen LogP contribution in [0, 0.1) is 16.0 Å². The van der Waals surface area contributed by atoms with Crippen molar-refractivity contribution in [1.29, 1.82) is 0 Å². The van der Waals surface area contributed by atoms with E-state index >= 15 is 0 Å². The van der Waals surface area contributed by atoms with Crippen LogP contribution in [-0.2, 0) is 4.74 Å². The summed E-state index contributed by atoms with van der Waals surface area (Å²) in [5, 5.41) is 13.9. The van der Waals surface area contributed by atoms with Gasteiger partial charge in [0, 0.05) is 31.0 Å². The number of nitrogens with zero attached hydrogens (tertiary/aromatic N) is 1. The molecule has 0 fully saturated rings. The first-order chi connectivity index (χ1) is 10.8. The second-order valence-electron chi connectivity index (χ2n) is 6.27. The van der Waals surface area contributed by atoms with Gasteiger partial charge in [-0.05, 0) is 30.9 Å². The minimum absolute atomic E-state index is 0.0802. The van der Waals surface area contributed by atoms with Crippen molar-refractivity contribution in [2.24, 2.45) is 11.7 Å². The van der Waals surface area contributed by atoms with E-state index in [0.717, 1.165) is 18.5 Å². The fourth-order valence-corrected chi connectivity index (χ4v) is 2.53. The van der Waals surface area contributed by atoms with Crippen molar-refractivity contribution < 1.29 is 9.66 Å². The van der Waals surface area contributed by atoms with Gasteiger partial charge in [0.25, 0.3) is 5.69 Å². The number of hydrogen-bond acceptors (Lipinski definition) is 5. The first kappa shape index (κ1) is 19.4. The molecule has 0 aliphatic rings. The van der Waals surface area contributed by atoms with Crippen molar-refractivity contribution in [2.45, 2.75) is 52.2 Å². The topological polar surface area (TPSA) is 90.4 Å². The molecule has 1 unspecified atom stereocenters. The summed E-state index contributed by atoms with van der Waals surface area (Å²) in [5.41, 5.74) is 6.94. The van der Waals surface area contributed by atoms with Crippen LogP contribution in [-0.4, -0.2) is 29.7 Å². The maximum absolute atomic E-state index is 10.7. The zero-order chi connectivity index (χ0) is 17.5. The van der Waals surface area contributed by atoms with E-state index in [0.29, 0.717) is 19.1 Å². The third kappa shape index (κ3) is 5.48. The average Bonchev–Trinajstić information content (AvgIpc) is 2.54. The first-order valence-corrected chi connectivity index (χ1v) is 8.22. The van der Waals surface area contributed by atoms with Crippen molar-refractivity contribution >= 4 is 11.4 Å². The summed E-state index contributed by atoms with van der Waals surface area (Å²) >= 11 is 0. The highest BCUT2D eigenvalue weighted by Gasteiger charge is 2.34. The zero-order valence-corrected chi connectivity index (χ0v) is 14.5. The molecule has 0 aromatic heterocycles. The highest BCUT2D eigenvalue weighted by Crippen LogP contribution is 2.25. The minimum Gasteiger partial charge on any atom is -0.383 e. The molecule has 6 heteroatoms. The molecule has 0 aliphatic carbocycles. The van der Waals surface area contributed by atoms with Crippen LogP contribution in [0.1, 0.15) is 40.5 Å². The Morgan fingerprint density at radius 2 is 1.83 bits per heavy atom. The predicted molar refractivity (Wildman–Crippen MR) is 93.7 cm³/mol. The molecule has 130 valence electrons. The van der Waals surface area contributed by atoms with Crippen molar-refractivity contribution in [1.82, 2.24) is 0 Å². The Balaban J connectivity index is 2.67. The van der Waals surface area contributed by atoms with Gasteiger partial charge in [0.1, 0.15) is 0 Å². The van der Waals surface area contributed by atoms with Crippen LogP contribution in [0.25, 0.3) is 0 Å². The normalized spacial score (nSPS) is 13.1. The molecule has 1 atom stereocenters. The fourth-order valence-electron chi connectivity index (χ4n) is 2.53. The van der Waals surface area contributed by atoms with Gasteiger partial charge in [0.15, 0.2) is 0 Å². The number of nitrogens with two attached hydrogens (primary N) is 1. The second kappa shape index (κ2) is 8.84. The van der Waals surface area contributed by atoms with Gasteiger partial charge in [-0.15, -0.1) is 0 Å². The molecule has 1 aromatic rings. The smallest absolute Gasteiger partial charge is 0.269 e. The van der Waals surface area contributed by atoms with E-state index in [9.17, 15) is 10.1 Å². The molecule has 0 heterocycles. The highest BCUT2D eigenvalue weighted by atomic mass is 16.6. The van der Waals surface area contributed by atoms with Gasteiger partial charge in [-0.25, -0.2) is 0 Å². The Labute approximate surface area is 138 Å². The molecule has 1 aromatic carbocycles. The fraction of sp³-hybridized carbons (Fsp3) is 0.647. The van der Waals surface area contributed by atoms with E-state index in [1.165, 1.54) is 12.1 Å². The van der Waals surface area contributed by atoms with E-state index in [1.807, 2.05) is 0 Å². The van der Waals surface area contributed by atoms with E-state index in [1.54, 1.807) is 12.1 Å². The lowest BCUT2D eigenvalue weighted by Gasteiger charge is -2.38. The number of non-ortho nitro benzene ring substituents is 1. The van der Waals surface area contributed by atoms with E-state index < -0.39 is 4.92 Å².